The van der Waals surface area contributed by atoms with Crippen molar-refractivity contribution < 1.29 is 31.3 Å². The third-order valence-corrected chi connectivity index (χ3v) is 2.33. The zero-order valence-corrected chi connectivity index (χ0v) is 13.9. The third kappa shape index (κ3) is 8.21. The summed E-state index contributed by atoms with van der Waals surface area (Å²) in [7, 11) is 0. The first-order valence-corrected chi connectivity index (χ1v) is 6.34. The zero-order chi connectivity index (χ0) is 14.1. The minimum Gasteiger partial charge on any atom is -0.393 e. The van der Waals surface area contributed by atoms with E-state index < -0.39 is 0 Å². The molecule has 2 rings (SSSR count). The number of pyridine rings is 1. The standard InChI is InChI=1S/C11H8N.C5H12O2.Pt/c1-2-6-10(7-3-1)11-8-4-5-9-12-11;1-4(6)3-5(2)7;/h1-6,8-9H;4-7H,3H2,1-2H3;/q-1;;. The van der Waals surface area contributed by atoms with E-state index in [1.54, 1.807) is 20.0 Å². The molecular formula is C16H20NO2Pt-. The quantitative estimate of drug-likeness (QED) is 0.703. The molecule has 2 unspecified atom stereocenters. The van der Waals surface area contributed by atoms with Gasteiger partial charge in [-0.2, -0.15) is 0 Å². The number of rotatable bonds is 3. The fraction of sp³-hybridized carbons (Fsp3) is 0.312. The molecule has 0 spiro atoms. The summed E-state index contributed by atoms with van der Waals surface area (Å²) >= 11 is 0. The number of hydrogen-bond donors (Lipinski definition) is 2. The van der Waals surface area contributed by atoms with Crippen molar-refractivity contribution in [1.29, 1.82) is 0 Å². The number of nitrogens with zero attached hydrogens (tertiary/aromatic N) is 1. The molecule has 112 valence electrons. The van der Waals surface area contributed by atoms with Gasteiger partial charge in [0, 0.05) is 27.3 Å². The van der Waals surface area contributed by atoms with Crippen LogP contribution in [0.25, 0.3) is 11.3 Å². The SMILES string of the molecule is CC(O)CC(C)O.[Pt].[c-]1ccccc1-c1ccccn1. The average Bonchev–Trinajstić information content (AvgIpc) is 2.40. The topological polar surface area (TPSA) is 53.4 Å². The molecule has 1 aromatic heterocycles. The second-order valence-corrected chi connectivity index (χ2v) is 4.42. The molecule has 0 amide bonds. The minimum atomic E-state index is -0.375. The van der Waals surface area contributed by atoms with E-state index in [2.05, 4.69) is 11.1 Å². The summed E-state index contributed by atoms with van der Waals surface area (Å²) in [6.45, 7) is 3.32. The average molecular weight is 453 g/mol. The summed E-state index contributed by atoms with van der Waals surface area (Å²) in [6.07, 6.45) is 1.51. The van der Waals surface area contributed by atoms with Crippen molar-refractivity contribution in [3.05, 3.63) is 54.7 Å². The van der Waals surface area contributed by atoms with Crippen molar-refractivity contribution in [2.45, 2.75) is 32.5 Å². The van der Waals surface area contributed by atoms with Crippen LogP contribution in [0, 0.1) is 6.07 Å². The maximum Gasteiger partial charge on any atom is 0.0536 e. The maximum atomic E-state index is 8.56. The van der Waals surface area contributed by atoms with E-state index in [1.807, 2.05) is 42.5 Å². The van der Waals surface area contributed by atoms with E-state index in [4.69, 9.17) is 10.2 Å². The van der Waals surface area contributed by atoms with Gasteiger partial charge in [-0.05, 0) is 32.0 Å². The molecule has 1 aromatic carbocycles. The number of benzene rings is 1. The van der Waals surface area contributed by atoms with Crippen molar-refractivity contribution in [3.8, 4) is 11.3 Å². The second-order valence-electron chi connectivity index (χ2n) is 4.42. The summed E-state index contributed by atoms with van der Waals surface area (Å²) in [5.41, 5.74) is 2.01. The van der Waals surface area contributed by atoms with E-state index >= 15 is 0 Å². The molecule has 0 saturated heterocycles. The Morgan fingerprint density at radius 3 is 2.10 bits per heavy atom. The Hall–Kier alpha value is -1.02. The van der Waals surface area contributed by atoms with Crippen LogP contribution < -0.4 is 0 Å². The zero-order valence-electron chi connectivity index (χ0n) is 11.6. The molecule has 0 saturated carbocycles. The van der Waals surface area contributed by atoms with E-state index in [0.717, 1.165) is 11.3 Å². The molecule has 3 nitrogen and oxygen atoms in total. The van der Waals surface area contributed by atoms with Crippen molar-refractivity contribution >= 4 is 0 Å². The van der Waals surface area contributed by atoms with Gasteiger partial charge in [0.1, 0.15) is 0 Å². The molecule has 2 N–H and O–H groups in total. The molecule has 2 aromatic rings. The predicted molar refractivity (Wildman–Crippen MR) is 76.5 cm³/mol. The molecule has 20 heavy (non-hydrogen) atoms. The summed E-state index contributed by atoms with van der Waals surface area (Å²) in [5.74, 6) is 0. The monoisotopic (exact) mass is 453 g/mol. The van der Waals surface area contributed by atoms with Crippen molar-refractivity contribution in [1.82, 2.24) is 4.98 Å². The summed E-state index contributed by atoms with van der Waals surface area (Å²) in [6, 6.07) is 16.8. The van der Waals surface area contributed by atoms with E-state index in [-0.39, 0.29) is 33.3 Å². The van der Waals surface area contributed by atoms with E-state index in [1.165, 1.54) is 0 Å². The van der Waals surface area contributed by atoms with Gasteiger partial charge in [-0.1, -0.05) is 12.1 Å². The van der Waals surface area contributed by atoms with Crippen molar-refractivity contribution in [2.75, 3.05) is 0 Å². The fourth-order valence-corrected chi connectivity index (χ4v) is 1.57. The van der Waals surface area contributed by atoms with E-state index in [0.29, 0.717) is 6.42 Å². The largest absolute Gasteiger partial charge is 0.393 e. The Morgan fingerprint density at radius 2 is 1.70 bits per heavy atom. The molecule has 0 aliphatic rings. The van der Waals surface area contributed by atoms with Crippen LogP contribution in [0.2, 0.25) is 0 Å². The maximum absolute atomic E-state index is 8.56. The number of aliphatic hydroxyl groups excluding tert-OH is 2. The van der Waals surface area contributed by atoms with Gasteiger partial charge in [0.15, 0.2) is 0 Å². The number of hydrogen-bond acceptors (Lipinski definition) is 3. The Bertz CT molecular complexity index is 403. The van der Waals surface area contributed by atoms with Gasteiger partial charge >= 0.3 is 0 Å². The van der Waals surface area contributed by atoms with Crippen LogP contribution in [0.3, 0.4) is 0 Å². The van der Waals surface area contributed by atoms with Gasteiger partial charge in [0.05, 0.1) is 12.2 Å². The summed E-state index contributed by atoms with van der Waals surface area (Å²) in [5, 5.41) is 17.1. The molecule has 1 heterocycles. The number of aliphatic hydroxyl groups is 2. The van der Waals surface area contributed by atoms with Crippen LogP contribution in [0.1, 0.15) is 20.3 Å². The predicted octanol–water partition coefficient (Wildman–Crippen LogP) is 2.68. The number of aromatic nitrogens is 1. The van der Waals surface area contributed by atoms with Crippen molar-refractivity contribution in [2.24, 2.45) is 0 Å². The van der Waals surface area contributed by atoms with E-state index in [9.17, 15) is 0 Å². The first-order valence-electron chi connectivity index (χ1n) is 6.34. The van der Waals surface area contributed by atoms with Crippen LogP contribution >= 0.6 is 0 Å². The van der Waals surface area contributed by atoms with Gasteiger partial charge in [0.25, 0.3) is 0 Å². The summed E-state index contributed by atoms with van der Waals surface area (Å²) < 4.78 is 0. The molecule has 4 heteroatoms. The molecular weight excluding hydrogens is 433 g/mol. The van der Waals surface area contributed by atoms with Crippen LogP contribution in [-0.4, -0.2) is 27.4 Å². The third-order valence-electron chi connectivity index (χ3n) is 2.33. The Balaban J connectivity index is 0.000000396. The molecule has 2 atom stereocenters. The van der Waals surface area contributed by atoms with Gasteiger partial charge < -0.3 is 15.2 Å². The molecule has 0 aliphatic carbocycles. The van der Waals surface area contributed by atoms with Gasteiger partial charge in [-0.15, -0.1) is 35.9 Å². The molecule has 0 aliphatic heterocycles. The smallest absolute Gasteiger partial charge is 0.0536 e. The Morgan fingerprint density at radius 1 is 1.05 bits per heavy atom. The molecule has 0 radical (unpaired) electrons. The normalized spacial score (nSPS) is 12.4. The fourth-order valence-electron chi connectivity index (χ4n) is 1.57. The summed E-state index contributed by atoms with van der Waals surface area (Å²) in [4.78, 5) is 4.22. The molecule has 0 fully saturated rings. The molecule has 0 bridgehead atoms. The first kappa shape index (κ1) is 19.0. The van der Waals surface area contributed by atoms with Crippen LogP contribution in [0.15, 0.2) is 48.7 Å². The van der Waals surface area contributed by atoms with Gasteiger partial charge in [-0.25, -0.2) is 0 Å². The Labute approximate surface area is 135 Å². The Kier molecular flexibility index (Phi) is 10.2. The van der Waals surface area contributed by atoms with Crippen LogP contribution in [-0.2, 0) is 21.1 Å². The van der Waals surface area contributed by atoms with Gasteiger partial charge in [0.2, 0.25) is 0 Å². The minimum absolute atomic E-state index is 0. The van der Waals surface area contributed by atoms with Gasteiger partial charge in [-0.3, -0.25) is 0 Å². The second kappa shape index (κ2) is 10.7. The first-order chi connectivity index (χ1) is 9.09. The van der Waals surface area contributed by atoms with Crippen LogP contribution in [0.5, 0.6) is 0 Å². The van der Waals surface area contributed by atoms with Crippen LogP contribution in [0.4, 0.5) is 0 Å². The van der Waals surface area contributed by atoms with Crippen molar-refractivity contribution in [3.63, 3.8) is 0 Å².